The smallest absolute Gasteiger partial charge is 0.320 e. The molecular weight excluding hydrogens is 446 g/mol. The topological polar surface area (TPSA) is 96.8 Å². The first kappa shape index (κ1) is 24.2. The lowest BCUT2D eigenvalue weighted by molar-refractivity contribution is -0.144. The van der Waals surface area contributed by atoms with E-state index in [2.05, 4.69) is 33.1 Å². The number of anilines is 1. The Labute approximate surface area is 204 Å². The quantitative estimate of drug-likeness (QED) is 0.417. The van der Waals surface area contributed by atoms with Gasteiger partial charge in [0, 0.05) is 49.7 Å². The van der Waals surface area contributed by atoms with E-state index in [0.29, 0.717) is 18.9 Å². The van der Waals surface area contributed by atoms with Gasteiger partial charge in [-0.25, -0.2) is 4.98 Å². The average molecular weight is 476 g/mol. The van der Waals surface area contributed by atoms with Gasteiger partial charge >= 0.3 is 5.97 Å². The number of nitrogens with one attached hydrogen (secondary N) is 1. The van der Waals surface area contributed by atoms with Gasteiger partial charge in [0.25, 0.3) is 0 Å². The number of hydrogen-bond acceptors (Lipinski definition) is 6. The SMILES string of the molecule is CCOC(=O)CN1CC(=O)Nc2ncc(/C=C/C(=O)N(C)Cc3cc4ccccc4n3C)cc2C1. The van der Waals surface area contributed by atoms with Gasteiger partial charge in [-0.3, -0.25) is 19.3 Å². The molecule has 0 aliphatic carbocycles. The van der Waals surface area contributed by atoms with Crippen molar-refractivity contribution in [3.63, 3.8) is 0 Å². The molecule has 0 unspecified atom stereocenters. The standard InChI is InChI=1S/C26H29N5O4/c1-4-35-25(34)17-31-14-20-11-18(13-27-26(20)28-23(32)16-31)9-10-24(33)29(2)15-21-12-19-7-5-6-8-22(19)30(21)3/h5-13H,4,14-17H2,1-3H3,(H,27,28,32)/b10-9+. The fourth-order valence-corrected chi connectivity index (χ4v) is 4.14. The number of likely N-dealkylation sites (N-methyl/N-ethyl adjacent to an activating group) is 1. The Morgan fingerprint density at radius 2 is 2.03 bits per heavy atom. The number of rotatable bonds is 7. The lowest BCUT2D eigenvalue weighted by atomic mass is 10.1. The third-order valence-electron chi connectivity index (χ3n) is 5.91. The number of aryl methyl sites for hydroxylation is 1. The van der Waals surface area contributed by atoms with Crippen molar-refractivity contribution in [2.24, 2.45) is 7.05 Å². The third-order valence-corrected chi connectivity index (χ3v) is 5.91. The molecule has 1 aromatic carbocycles. The van der Waals surface area contributed by atoms with Crippen LogP contribution in [0.25, 0.3) is 17.0 Å². The Bertz CT molecular complexity index is 1300. The molecule has 0 saturated carbocycles. The predicted molar refractivity (Wildman–Crippen MR) is 133 cm³/mol. The Balaban J connectivity index is 1.44. The van der Waals surface area contributed by atoms with Crippen molar-refractivity contribution in [2.75, 3.05) is 32.1 Å². The second kappa shape index (κ2) is 10.5. The minimum Gasteiger partial charge on any atom is -0.465 e. The molecule has 0 saturated heterocycles. The van der Waals surface area contributed by atoms with E-state index in [1.54, 1.807) is 36.0 Å². The summed E-state index contributed by atoms with van der Waals surface area (Å²) in [5.74, 6) is -0.304. The number of carbonyl (C=O) groups is 3. The summed E-state index contributed by atoms with van der Waals surface area (Å²) in [4.78, 5) is 44.6. The molecule has 1 aliphatic heterocycles. The molecule has 0 fully saturated rings. The molecule has 0 bridgehead atoms. The van der Waals surface area contributed by atoms with Crippen LogP contribution < -0.4 is 5.32 Å². The number of ether oxygens (including phenoxy) is 1. The number of esters is 1. The second-order valence-electron chi connectivity index (χ2n) is 8.56. The van der Waals surface area contributed by atoms with Gasteiger partial charge in [-0.2, -0.15) is 0 Å². The average Bonchev–Trinajstić information content (AvgIpc) is 3.04. The highest BCUT2D eigenvalue weighted by atomic mass is 16.5. The molecule has 0 spiro atoms. The van der Waals surface area contributed by atoms with Gasteiger partial charge in [-0.05, 0) is 42.1 Å². The minimum atomic E-state index is -0.382. The second-order valence-corrected chi connectivity index (χ2v) is 8.56. The zero-order valence-corrected chi connectivity index (χ0v) is 20.2. The number of nitrogens with zero attached hydrogens (tertiary/aromatic N) is 4. The van der Waals surface area contributed by atoms with Crippen molar-refractivity contribution in [3.8, 4) is 0 Å². The van der Waals surface area contributed by atoms with Gasteiger partial charge < -0.3 is 19.5 Å². The van der Waals surface area contributed by atoms with Crippen LogP contribution in [-0.2, 0) is 39.3 Å². The third kappa shape index (κ3) is 5.75. The molecule has 1 aliphatic rings. The van der Waals surface area contributed by atoms with Crippen LogP contribution in [0.3, 0.4) is 0 Å². The van der Waals surface area contributed by atoms with E-state index in [9.17, 15) is 14.4 Å². The van der Waals surface area contributed by atoms with Crippen molar-refractivity contribution in [1.82, 2.24) is 19.4 Å². The summed E-state index contributed by atoms with van der Waals surface area (Å²) in [5.41, 5.74) is 3.65. The summed E-state index contributed by atoms with van der Waals surface area (Å²) in [7, 11) is 3.76. The first-order valence-corrected chi connectivity index (χ1v) is 11.5. The Hall–Kier alpha value is -3.98. The van der Waals surface area contributed by atoms with Crippen LogP contribution in [0, 0.1) is 0 Å². The van der Waals surface area contributed by atoms with E-state index in [0.717, 1.165) is 27.7 Å². The fraction of sp³-hybridized carbons (Fsp3) is 0.308. The molecule has 0 radical (unpaired) electrons. The normalized spacial score (nSPS) is 14.0. The molecule has 4 rings (SSSR count). The van der Waals surface area contributed by atoms with Crippen LogP contribution in [0.5, 0.6) is 0 Å². The zero-order valence-electron chi connectivity index (χ0n) is 20.2. The first-order chi connectivity index (χ1) is 16.8. The van der Waals surface area contributed by atoms with Crippen molar-refractivity contribution < 1.29 is 19.1 Å². The van der Waals surface area contributed by atoms with Crippen molar-refractivity contribution in [2.45, 2.75) is 20.0 Å². The Kier molecular flexibility index (Phi) is 7.26. The number of amides is 2. The van der Waals surface area contributed by atoms with Crippen LogP contribution >= 0.6 is 0 Å². The van der Waals surface area contributed by atoms with E-state index in [-0.39, 0.29) is 37.5 Å². The van der Waals surface area contributed by atoms with Crippen molar-refractivity contribution >= 4 is 40.6 Å². The van der Waals surface area contributed by atoms with Crippen LogP contribution in [-0.4, -0.2) is 63.9 Å². The van der Waals surface area contributed by atoms with Gasteiger partial charge in [0.2, 0.25) is 11.8 Å². The molecule has 182 valence electrons. The Morgan fingerprint density at radius 1 is 1.23 bits per heavy atom. The summed E-state index contributed by atoms with van der Waals surface area (Å²) >= 11 is 0. The first-order valence-electron chi connectivity index (χ1n) is 11.5. The highest BCUT2D eigenvalue weighted by Crippen LogP contribution is 2.21. The monoisotopic (exact) mass is 475 g/mol. The molecule has 35 heavy (non-hydrogen) atoms. The molecular formula is C26H29N5O4. The van der Waals surface area contributed by atoms with E-state index >= 15 is 0 Å². The molecule has 0 atom stereocenters. The van der Waals surface area contributed by atoms with Gasteiger partial charge in [0.1, 0.15) is 5.82 Å². The molecule has 2 amide bonds. The molecule has 9 heteroatoms. The zero-order chi connectivity index (χ0) is 24.9. The van der Waals surface area contributed by atoms with Crippen molar-refractivity contribution in [1.29, 1.82) is 0 Å². The summed E-state index contributed by atoms with van der Waals surface area (Å²) in [6, 6.07) is 12.1. The lowest BCUT2D eigenvalue weighted by Gasteiger charge is -2.17. The number of hydrogen-bond donors (Lipinski definition) is 1. The number of para-hydroxylation sites is 1. The van der Waals surface area contributed by atoms with Crippen LogP contribution in [0.2, 0.25) is 0 Å². The summed E-state index contributed by atoms with van der Waals surface area (Å²) in [5, 5.41) is 3.91. The fourth-order valence-electron chi connectivity index (χ4n) is 4.14. The minimum absolute atomic E-state index is 0.0121. The van der Waals surface area contributed by atoms with Gasteiger partial charge in [-0.1, -0.05) is 18.2 Å². The summed E-state index contributed by atoms with van der Waals surface area (Å²) < 4.78 is 7.10. The number of benzene rings is 1. The van der Waals surface area contributed by atoms with E-state index in [1.165, 1.54) is 6.08 Å². The molecule has 9 nitrogen and oxygen atoms in total. The largest absolute Gasteiger partial charge is 0.465 e. The number of fused-ring (bicyclic) bond motifs is 2. The van der Waals surface area contributed by atoms with Crippen LogP contribution in [0.15, 0.2) is 48.7 Å². The number of pyridine rings is 1. The Morgan fingerprint density at radius 3 is 2.80 bits per heavy atom. The van der Waals surface area contributed by atoms with Crippen LogP contribution in [0.1, 0.15) is 23.7 Å². The molecule has 2 aromatic heterocycles. The number of aromatic nitrogens is 2. The van der Waals surface area contributed by atoms with Gasteiger partial charge in [0.05, 0.1) is 26.2 Å². The highest BCUT2D eigenvalue weighted by Gasteiger charge is 2.22. The van der Waals surface area contributed by atoms with E-state index in [1.807, 2.05) is 25.2 Å². The maximum Gasteiger partial charge on any atom is 0.320 e. The summed E-state index contributed by atoms with van der Waals surface area (Å²) in [6.07, 6.45) is 4.82. The maximum absolute atomic E-state index is 12.8. The molecule has 3 heterocycles. The van der Waals surface area contributed by atoms with E-state index < -0.39 is 0 Å². The van der Waals surface area contributed by atoms with Gasteiger partial charge in [0.15, 0.2) is 0 Å². The van der Waals surface area contributed by atoms with Crippen molar-refractivity contribution in [3.05, 3.63) is 65.5 Å². The predicted octanol–water partition coefficient (Wildman–Crippen LogP) is 2.56. The molecule has 1 N–H and O–H groups in total. The van der Waals surface area contributed by atoms with E-state index in [4.69, 9.17) is 4.74 Å². The van der Waals surface area contributed by atoms with Crippen LogP contribution in [0.4, 0.5) is 5.82 Å². The lowest BCUT2D eigenvalue weighted by Crippen LogP contribution is -2.35. The van der Waals surface area contributed by atoms with Gasteiger partial charge in [-0.15, -0.1) is 0 Å². The maximum atomic E-state index is 12.8. The molecule has 3 aromatic rings. The highest BCUT2D eigenvalue weighted by molar-refractivity contribution is 5.94. The number of carbonyl (C=O) groups excluding carboxylic acids is 3. The summed E-state index contributed by atoms with van der Waals surface area (Å²) in [6.45, 7) is 2.94.